The molecular weight excluding hydrogens is 289 g/mol. The highest BCUT2D eigenvalue weighted by Gasteiger charge is 2.22. The molecule has 112 valence electrons. The van der Waals surface area contributed by atoms with Gasteiger partial charge in [-0.25, -0.2) is 4.39 Å². The molecule has 21 heavy (non-hydrogen) atoms. The number of nitrogens with two attached hydrogens (primary N) is 1. The first-order valence-electron chi connectivity index (χ1n) is 6.95. The molecule has 0 radical (unpaired) electrons. The number of aryl methyl sites for hydroxylation is 1. The summed E-state index contributed by atoms with van der Waals surface area (Å²) in [4.78, 5) is 0. The van der Waals surface area contributed by atoms with Crippen LogP contribution in [0.4, 0.5) is 4.39 Å². The van der Waals surface area contributed by atoms with Crippen molar-refractivity contribution < 1.29 is 9.13 Å². The summed E-state index contributed by atoms with van der Waals surface area (Å²) in [5.74, 6) is 0.0507. The molecule has 0 aliphatic carbocycles. The molecule has 0 saturated carbocycles. The van der Waals surface area contributed by atoms with E-state index < -0.39 is 5.82 Å². The minimum atomic E-state index is -0.462. The average Bonchev–Trinajstić information content (AvgIpc) is 2.48. The lowest BCUT2D eigenvalue weighted by molar-refractivity contribution is 0.170. The maximum absolute atomic E-state index is 13.2. The Morgan fingerprint density at radius 1 is 1.24 bits per heavy atom. The summed E-state index contributed by atoms with van der Waals surface area (Å²) in [7, 11) is 0. The Bertz CT molecular complexity index is 617. The monoisotopic (exact) mass is 307 g/mol. The van der Waals surface area contributed by atoms with Crippen LogP contribution in [-0.4, -0.2) is 6.04 Å². The van der Waals surface area contributed by atoms with Gasteiger partial charge in [-0.3, -0.25) is 0 Å². The fourth-order valence-corrected chi connectivity index (χ4v) is 2.37. The van der Waals surface area contributed by atoms with E-state index in [-0.39, 0.29) is 17.2 Å². The first-order chi connectivity index (χ1) is 10.0. The summed E-state index contributed by atoms with van der Waals surface area (Å²) in [5.41, 5.74) is 8.35. The quantitative estimate of drug-likeness (QED) is 0.873. The lowest BCUT2D eigenvalue weighted by atomic mass is 9.97. The number of benzene rings is 2. The van der Waals surface area contributed by atoms with Crippen LogP contribution in [0, 0.1) is 12.7 Å². The van der Waals surface area contributed by atoms with E-state index in [1.54, 1.807) is 6.07 Å². The maximum Gasteiger partial charge on any atom is 0.142 e. The first-order valence-corrected chi connectivity index (χ1v) is 7.33. The summed E-state index contributed by atoms with van der Waals surface area (Å²) in [6.07, 6.45) is 0.478. The molecule has 2 aromatic rings. The number of hydrogen-bond acceptors (Lipinski definition) is 2. The van der Waals surface area contributed by atoms with Crippen LogP contribution in [0.3, 0.4) is 0 Å². The fourth-order valence-electron chi connectivity index (χ4n) is 2.20. The van der Waals surface area contributed by atoms with E-state index in [1.165, 1.54) is 12.1 Å². The van der Waals surface area contributed by atoms with Gasteiger partial charge in [0.1, 0.15) is 17.7 Å². The van der Waals surface area contributed by atoms with E-state index in [1.807, 2.05) is 38.1 Å². The van der Waals surface area contributed by atoms with Crippen LogP contribution in [0.5, 0.6) is 5.75 Å². The predicted octanol–water partition coefficient (Wildman–Crippen LogP) is 4.64. The van der Waals surface area contributed by atoms with Crippen molar-refractivity contribution in [3.8, 4) is 5.75 Å². The molecule has 0 bridgehead atoms. The van der Waals surface area contributed by atoms with Crippen molar-refractivity contribution >= 4 is 11.6 Å². The summed E-state index contributed by atoms with van der Waals surface area (Å²) < 4.78 is 19.2. The molecule has 0 heterocycles. The molecular formula is C17H19ClFNO. The van der Waals surface area contributed by atoms with Crippen LogP contribution in [0.25, 0.3) is 0 Å². The molecule has 0 saturated heterocycles. The van der Waals surface area contributed by atoms with Crippen molar-refractivity contribution in [1.82, 2.24) is 0 Å². The van der Waals surface area contributed by atoms with Crippen molar-refractivity contribution in [1.29, 1.82) is 0 Å². The molecule has 0 aliphatic rings. The van der Waals surface area contributed by atoms with Gasteiger partial charge in [0.25, 0.3) is 0 Å². The summed E-state index contributed by atoms with van der Waals surface area (Å²) in [6.45, 7) is 4.03. The van der Waals surface area contributed by atoms with Crippen LogP contribution >= 0.6 is 11.6 Å². The second-order valence-corrected chi connectivity index (χ2v) is 5.45. The van der Waals surface area contributed by atoms with Gasteiger partial charge in [-0.1, -0.05) is 42.8 Å². The molecule has 2 N–H and O–H groups in total. The molecule has 0 aliphatic heterocycles. The van der Waals surface area contributed by atoms with Crippen LogP contribution in [-0.2, 0) is 0 Å². The fraction of sp³-hybridized carbons (Fsp3) is 0.294. The normalized spacial score (nSPS) is 13.8. The summed E-state index contributed by atoms with van der Waals surface area (Å²) in [5, 5.41) is 0.0427. The third-order valence-corrected chi connectivity index (χ3v) is 3.80. The Morgan fingerprint density at radius 2 is 1.95 bits per heavy atom. The molecule has 2 rings (SSSR count). The Kier molecular flexibility index (Phi) is 5.21. The van der Waals surface area contributed by atoms with Crippen molar-refractivity contribution in [3.63, 3.8) is 0 Å². The Hall–Kier alpha value is -1.58. The van der Waals surface area contributed by atoms with Crippen molar-refractivity contribution in [3.05, 3.63) is 64.4 Å². The zero-order valence-corrected chi connectivity index (χ0v) is 12.9. The van der Waals surface area contributed by atoms with Gasteiger partial charge in [-0.15, -0.1) is 0 Å². The average molecular weight is 308 g/mol. The highest BCUT2D eigenvalue weighted by Crippen LogP contribution is 2.29. The number of ether oxygens (including phenoxy) is 1. The predicted molar refractivity (Wildman–Crippen MR) is 84.2 cm³/mol. The molecule has 0 amide bonds. The van der Waals surface area contributed by atoms with Crippen molar-refractivity contribution in [2.75, 3.05) is 0 Å². The van der Waals surface area contributed by atoms with Gasteiger partial charge in [-0.05, 0) is 36.6 Å². The molecule has 2 nitrogen and oxygen atoms in total. The van der Waals surface area contributed by atoms with Gasteiger partial charge in [0.15, 0.2) is 0 Å². The van der Waals surface area contributed by atoms with Gasteiger partial charge < -0.3 is 10.5 Å². The van der Waals surface area contributed by atoms with E-state index in [0.717, 1.165) is 17.5 Å². The minimum absolute atomic E-state index is 0.0427. The highest BCUT2D eigenvalue weighted by molar-refractivity contribution is 6.30. The largest absolute Gasteiger partial charge is 0.484 e. The SMILES string of the molecule is CCC(N)C(Oc1ccc(F)c(Cl)c1)c1ccccc1C. The molecule has 2 aromatic carbocycles. The third kappa shape index (κ3) is 3.74. The van der Waals surface area contributed by atoms with E-state index in [4.69, 9.17) is 22.1 Å². The molecule has 0 aromatic heterocycles. The standard InChI is InChI=1S/C17H19ClFNO/c1-3-16(20)17(13-7-5-4-6-11(13)2)21-12-8-9-15(19)14(18)10-12/h4-10,16-17H,3,20H2,1-2H3. The Morgan fingerprint density at radius 3 is 2.57 bits per heavy atom. The van der Waals surface area contributed by atoms with Gasteiger partial charge in [0, 0.05) is 12.1 Å². The van der Waals surface area contributed by atoms with Crippen LogP contribution < -0.4 is 10.5 Å². The second-order valence-electron chi connectivity index (χ2n) is 5.04. The zero-order chi connectivity index (χ0) is 15.4. The van der Waals surface area contributed by atoms with Crippen molar-refractivity contribution in [2.24, 2.45) is 5.73 Å². The number of rotatable bonds is 5. The number of hydrogen-bond donors (Lipinski definition) is 1. The first kappa shape index (κ1) is 15.8. The smallest absolute Gasteiger partial charge is 0.142 e. The zero-order valence-electron chi connectivity index (χ0n) is 12.1. The molecule has 2 atom stereocenters. The van der Waals surface area contributed by atoms with E-state index >= 15 is 0 Å². The summed E-state index contributed by atoms with van der Waals surface area (Å²) >= 11 is 5.80. The van der Waals surface area contributed by atoms with Gasteiger partial charge in [0.05, 0.1) is 5.02 Å². The molecule has 4 heteroatoms. The van der Waals surface area contributed by atoms with Crippen LogP contribution in [0.15, 0.2) is 42.5 Å². The highest BCUT2D eigenvalue weighted by atomic mass is 35.5. The number of halogens is 2. The molecule has 2 unspecified atom stereocenters. The Balaban J connectivity index is 2.33. The van der Waals surface area contributed by atoms with E-state index in [2.05, 4.69) is 0 Å². The van der Waals surface area contributed by atoms with Crippen molar-refractivity contribution in [2.45, 2.75) is 32.4 Å². The Labute approximate surface area is 129 Å². The third-order valence-electron chi connectivity index (χ3n) is 3.51. The lowest BCUT2D eigenvalue weighted by Gasteiger charge is -2.26. The van der Waals surface area contributed by atoms with Gasteiger partial charge >= 0.3 is 0 Å². The van der Waals surface area contributed by atoms with Gasteiger partial charge in [0.2, 0.25) is 0 Å². The van der Waals surface area contributed by atoms with Crippen LogP contribution in [0.2, 0.25) is 5.02 Å². The second kappa shape index (κ2) is 6.92. The maximum atomic E-state index is 13.2. The van der Waals surface area contributed by atoms with Gasteiger partial charge in [-0.2, -0.15) is 0 Å². The molecule has 0 fully saturated rings. The van der Waals surface area contributed by atoms with E-state index in [0.29, 0.717) is 5.75 Å². The topological polar surface area (TPSA) is 35.2 Å². The molecule has 0 spiro atoms. The van der Waals surface area contributed by atoms with E-state index in [9.17, 15) is 4.39 Å². The lowest BCUT2D eigenvalue weighted by Crippen LogP contribution is -2.32. The van der Waals surface area contributed by atoms with Crippen LogP contribution in [0.1, 0.15) is 30.6 Å². The minimum Gasteiger partial charge on any atom is -0.484 e. The summed E-state index contributed by atoms with van der Waals surface area (Å²) in [6, 6.07) is 12.1.